The van der Waals surface area contributed by atoms with E-state index in [1.807, 2.05) is 13.0 Å². The molecule has 2 amide bonds. The molecule has 1 N–H and O–H groups in total. The van der Waals surface area contributed by atoms with Crippen molar-refractivity contribution in [2.45, 2.75) is 6.92 Å². The Hall–Kier alpha value is -2.56. The number of amides is 2. The van der Waals surface area contributed by atoms with Gasteiger partial charge in [-0.05, 0) is 83.1 Å². The zero-order valence-electron chi connectivity index (χ0n) is 16.9. The fourth-order valence-corrected chi connectivity index (χ4v) is 4.56. The van der Waals surface area contributed by atoms with E-state index in [0.717, 1.165) is 22.3 Å². The van der Waals surface area contributed by atoms with Gasteiger partial charge >= 0.3 is 0 Å². The molecule has 0 saturated carbocycles. The summed E-state index contributed by atoms with van der Waals surface area (Å²) in [5.74, 6) is 0.877. The van der Waals surface area contributed by atoms with Gasteiger partial charge in [-0.15, -0.1) is 0 Å². The highest BCUT2D eigenvalue weighted by atomic mass is 79.9. The maximum atomic E-state index is 12.9. The number of nitrogens with one attached hydrogen (secondary N) is 1. The summed E-state index contributed by atoms with van der Waals surface area (Å²) >= 11 is 9.85. The highest BCUT2D eigenvalue weighted by Crippen LogP contribution is 2.38. The van der Waals surface area contributed by atoms with Crippen LogP contribution in [0.4, 0.5) is 0 Å². The zero-order valence-corrected chi connectivity index (χ0v) is 20.2. The van der Waals surface area contributed by atoms with Gasteiger partial charge in [0.2, 0.25) is 0 Å². The smallest absolute Gasteiger partial charge is 0.285 e. The molecule has 0 unspecified atom stereocenters. The summed E-state index contributed by atoms with van der Waals surface area (Å²) in [7, 11) is 3.10. The first-order valence-electron chi connectivity index (χ1n) is 9.11. The molecule has 1 aliphatic heterocycles. The molecule has 0 aromatic heterocycles. The predicted molar refractivity (Wildman–Crippen MR) is 127 cm³/mol. The van der Waals surface area contributed by atoms with Crippen LogP contribution in [0.3, 0.4) is 0 Å². The van der Waals surface area contributed by atoms with Gasteiger partial charge in [0.1, 0.15) is 5.75 Å². The minimum Gasteiger partial charge on any atom is -0.497 e. The minimum atomic E-state index is -0.453. The summed E-state index contributed by atoms with van der Waals surface area (Å²) in [6, 6.07) is 10.1. The topological polar surface area (TPSA) is 77.1 Å². The molecule has 162 valence electrons. The molecule has 0 spiro atoms. The monoisotopic (exact) mass is 522 g/mol. The van der Waals surface area contributed by atoms with Crippen LogP contribution in [0.1, 0.15) is 22.8 Å². The van der Waals surface area contributed by atoms with Gasteiger partial charge in [0.15, 0.2) is 15.8 Å². The molecule has 1 saturated heterocycles. The van der Waals surface area contributed by atoms with Crippen LogP contribution < -0.4 is 19.6 Å². The van der Waals surface area contributed by atoms with Crippen molar-refractivity contribution in [1.29, 1.82) is 0 Å². The van der Waals surface area contributed by atoms with Crippen molar-refractivity contribution in [3.63, 3.8) is 0 Å². The summed E-state index contributed by atoms with van der Waals surface area (Å²) < 4.78 is 17.0. The van der Waals surface area contributed by atoms with Gasteiger partial charge in [-0.3, -0.25) is 15.0 Å². The normalized spacial score (nSPS) is 14.7. The van der Waals surface area contributed by atoms with Crippen LogP contribution in [0.2, 0.25) is 0 Å². The van der Waals surface area contributed by atoms with Crippen LogP contribution in [0.15, 0.2) is 45.8 Å². The van der Waals surface area contributed by atoms with Crippen LogP contribution in [-0.4, -0.2) is 42.0 Å². The Morgan fingerprint density at radius 1 is 1.23 bits per heavy atom. The van der Waals surface area contributed by atoms with Gasteiger partial charge in [-0.2, -0.15) is 5.01 Å². The number of ether oxygens (including phenoxy) is 3. The SMILES string of the molecule is CCOc1cc(/C=C2/SC(=S)N(NC(=O)c3ccc(OC)cc3)C2=O)cc(Br)c1OC. The second-order valence-electron chi connectivity index (χ2n) is 6.15. The zero-order chi connectivity index (χ0) is 22.5. The number of carbonyl (C=O) groups excluding carboxylic acids is 2. The standard InChI is InChI=1S/C21H19BrN2O5S2/c1-4-29-16-10-12(9-15(22)18(16)28-3)11-17-20(26)24(21(30)31-17)23-19(25)13-5-7-14(27-2)8-6-13/h5-11H,4H2,1-3H3,(H,23,25)/b17-11+. The Morgan fingerprint density at radius 3 is 2.55 bits per heavy atom. The maximum absolute atomic E-state index is 12.9. The second kappa shape index (κ2) is 10.2. The lowest BCUT2D eigenvalue weighted by atomic mass is 10.2. The van der Waals surface area contributed by atoms with E-state index in [2.05, 4.69) is 21.4 Å². The number of hydrazine groups is 1. The first kappa shape index (κ1) is 23.1. The van der Waals surface area contributed by atoms with Crippen LogP contribution in [0, 0.1) is 0 Å². The molecule has 0 atom stereocenters. The van der Waals surface area contributed by atoms with Crippen molar-refractivity contribution in [3.05, 3.63) is 56.9 Å². The first-order chi connectivity index (χ1) is 14.9. The fraction of sp³-hybridized carbons (Fsp3) is 0.190. The van der Waals surface area contributed by atoms with E-state index < -0.39 is 11.8 Å². The lowest BCUT2D eigenvalue weighted by molar-refractivity contribution is -0.123. The molecule has 1 heterocycles. The molecule has 3 rings (SSSR count). The Balaban J connectivity index is 1.80. The van der Waals surface area contributed by atoms with E-state index in [1.165, 1.54) is 0 Å². The van der Waals surface area contributed by atoms with E-state index in [0.29, 0.717) is 38.8 Å². The largest absolute Gasteiger partial charge is 0.497 e. The maximum Gasteiger partial charge on any atom is 0.285 e. The van der Waals surface area contributed by atoms with Crippen LogP contribution >= 0.6 is 39.9 Å². The summed E-state index contributed by atoms with van der Waals surface area (Å²) in [5, 5.41) is 1.07. The highest BCUT2D eigenvalue weighted by Gasteiger charge is 2.34. The Morgan fingerprint density at radius 2 is 1.94 bits per heavy atom. The van der Waals surface area contributed by atoms with Crippen LogP contribution in [-0.2, 0) is 4.79 Å². The van der Waals surface area contributed by atoms with Gasteiger partial charge in [0.25, 0.3) is 11.8 Å². The van der Waals surface area contributed by atoms with Gasteiger partial charge in [0, 0.05) is 5.56 Å². The number of carbonyl (C=O) groups is 2. The van der Waals surface area contributed by atoms with Crippen molar-refractivity contribution < 1.29 is 23.8 Å². The number of halogens is 1. The molecule has 2 aromatic carbocycles. The Kier molecular flexibility index (Phi) is 7.58. The third-order valence-electron chi connectivity index (χ3n) is 4.19. The molecule has 1 fully saturated rings. The van der Waals surface area contributed by atoms with Crippen molar-refractivity contribution in [2.75, 3.05) is 20.8 Å². The molecule has 0 bridgehead atoms. The van der Waals surface area contributed by atoms with Crippen LogP contribution in [0.25, 0.3) is 6.08 Å². The van der Waals surface area contributed by atoms with Gasteiger partial charge in [-0.1, -0.05) is 11.8 Å². The molecule has 31 heavy (non-hydrogen) atoms. The first-order valence-corrected chi connectivity index (χ1v) is 11.1. The number of benzene rings is 2. The van der Waals surface area contributed by atoms with E-state index in [-0.39, 0.29) is 4.32 Å². The van der Waals surface area contributed by atoms with Crippen LogP contribution in [0.5, 0.6) is 17.2 Å². The van der Waals surface area contributed by atoms with Crippen molar-refractivity contribution in [1.82, 2.24) is 10.4 Å². The summed E-state index contributed by atoms with van der Waals surface area (Å²) in [5.41, 5.74) is 3.65. The molecular weight excluding hydrogens is 504 g/mol. The number of thiocarbonyl (C=S) groups is 1. The number of rotatable bonds is 7. The number of nitrogens with zero attached hydrogens (tertiary/aromatic N) is 1. The van der Waals surface area contributed by atoms with Crippen molar-refractivity contribution in [3.8, 4) is 17.2 Å². The molecule has 7 nitrogen and oxygen atoms in total. The van der Waals surface area contributed by atoms with E-state index in [4.69, 9.17) is 26.4 Å². The molecule has 2 aromatic rings. The molecular formula is C21H19BrN2O5S2. The lowest BCUT2D eigenvalue weighted by Crippen LogP contribution is -2.44. The lowest BCUT2D eigenvalue weighted by Gasteiger charge is -2.15. The summed E-state index contributed by atoms with van der Waals surface area (Å²) in [6.45, 7) is 2.34. The molecule has 10 heteroatoms. The summed E-state index contributed by atoms with van der Waals surface area (Å²) in [4.78, 5) is 25.7. The fourth-order valence-electron chi connectivity index (χ4n) is 2.76. The van der Waals surface area contributed by atoms with Gasteiger partial charge in [0.05, 0.1) is 30.2 Å². The minimum absolute atomic E-state index is 0.232. The van der Waals surface area contributed by atoms with Gasteiger partial charge < -0.3 is 14.2 Å². The van der Waals surface area contributed by atoms with E-state index in [1.54, 1.807) is 50.6 Å². The number of methoxy groups -OCH3 is 2. The average molecular weight is 523 g/mol. The second-order valence-corrected chi connectivity index (χ2v) is 8.68. The average Bonchev–Trinajstić information content (AvgIpc) is 3.01. The van der Waals surface area contributed by atoms with Crippen molar-refractivity contribution in [2.24, 2.45) is 0 Å². The van der Waals surface area contributed by atoms with E-state index in [9.17, 15) is 9.59 Å². The third kappa shape index (κ3) is 5.20. The van der Waals surface area contributed by atoms with Crippen molar-refractivity contribution >= 4 is 62.1 Å². The predicted octanol–water partition coefficient (Wildman–Crippen LogP) is 4.41. The molecule has 0 radical (unpaired) electrons. The number of thioether (sulfide) groups is 1. The highest BCUT2D eigenvalue weighted by molar-refractivity contribution is 9.10. The third-order valence-corrected chi connectivity index (χ3v) is 6.08. The van der Waals surface area contributed by atoms with E-state index >= 15 is 0 Å². The van der Waals surface area contributed by atoms with Gasteiger partial charge in [-0.25, -0.2) is 0 Å². The molecule has 1 aliphatic rings. The molecule has 0 aliphatic carbocycles. The summed E-state index contributed by atoms with van der Waals surface area (Å²) in [6.07, 6.45) is 1.69. The quantitative estimate of drug-likeness (QED) is 0.426. The Bertz CT molecular complexity index is 1060. The number of hydrogen-bond acceptors (Lipinski definition) is 7. The number of hydrogen-bond donors (Lipinski definition) is 1. The Labute approximate surface area is 197 Å².